The van der Waals surface area contributed by atoms with Gasteiger partial charge in [-0.3, -0.25) is 0 Å². The van der Waals surface area contributed by atoms with E-state index in [1.54, 1.807) is 6.08 Å². The Bertz CT molecular complexity index is 92.6. The van der Waals surface area contributed by atoms with E-state index in [-0.39, 0.29) is 6.61 Å². The lowest BCUT2D eigenvalue weighted by Gasteiger charge is -1.85. The van der Waals surface area contributed by atoms with Gasteiger partial charge in [0.05, 0.1) is 6.61 Å². The van der Waals surface area contributed by atoms with Gasteiger partial charge in [-0.05, 0) is 13.3 Å². The summed E-state index contributed by atoms with van der Waals surface area (Å²) in [5.74, 6) is 0. The number of hydrogen-bond donors (Lipinski definition) is 0. The molecule has 0 fully saturated rings. The van der Waals surface area contributed by atoms with Gasteiger partial charge in [0.15, 0.2) is 0 Å². The highest BCUT2D eigenvalue weighted by atomic mass is 16.2. The molecule has 0 N–H and O–H groups in total. The van der Waals surface area contributed by atoms with E-state index >= 15 is 0 Å². The zero-order chi connectivity index (χ0) is 6.41. The lowest BCUT2D eigenvalue weighted by molar-refractivity contribution is 0.199. The highest BCUT2D eigenvalue weighted by molar-refractivity contribution is 5.12. The predicted molar refractivity (Wildman–Crippen MR) is 34.1 cm³/mol. The molecule has 0 aromatic carbocycles. The Morgan fingerprint density at radius 1 is 1.75 bits per heavy atom. The minimum absolute atomic E-state index is 0.0226. The van der Waals surface area contributed by atoms with Crippen molar-refractivity contribution < 1.29 is 5.11 Å². The van der Waals surface area contributed by atoms with E-state index in [1.807, 2.05) is 13.0 Å². The molecule has 0 aliphatic carbocycles. The third kappa shape index (κ3) is 3.62. The van der Waals surface area contributed by atoms with Gasteiger partial charge in [-0.25, -0.2) is 5.11 Å². The van der Waals surface area contributed by atoms with Crippen LogP contribution in [0, 0.1) is 0 Å². The standard InChI is InChI=1S/C7H11O/c1-3-7(2)5-4-6-8/h3,5H,1,4,6H2,2H3. The fraction of sp³-hybridized carbons (Fsp3) is 0.429. The monoisotopic (exact) mass is 111 g/mol. The summed E-state index contributed by atoms with van der Waals surface area (Å²) in [4.78, 5) is 0. The molecule has 1 heteroatoms. The van der Waals surface area contributed by atoms with E-state index in [4.69, 9.17) is 0 Å². The second-order valence-electron chi connectivity index (χ2n) is 1.65. The molecule has 0 bridgehead atoms. The second kappa shape index (κ2) is 4.60. The summed E-state index contributed by atoms with van der Waals surface area (Å²) in [6.07, 6.45) is 4.26. The molecular weight excluding hydrogens is 100 g/mol. The Morgan fingerprint density at radius 2 is 2.38 bits per heavy atom. The molecule has 0 aromatic heterocycles. The molecule has 0 saturated carbocycles. The van der Waals surface area contributed by atoms with Crippen LogP contribution >= 0.6 is 0 Å². The van der Waals surface area contributed by atoms with Crippen LogP contribution in [0.1, 0.15) is 13.3 Å². The van der Waals surface area contributed by atoms with E-state index < -0.39 is 0 Å². The molecule has 0 saturated heterocycles. The molecule has 0 unspecified atom stereocenters. The van der Waals surface area contributed by atoms with E-state index in [0.29, 0.717) is 6.42 Å². The summed E-state index contributed by atoms with van der Waals surface area (Å²) < 4.78 is 0. The van der Waals surface area contributed by atoms with Crippen LogP contribution in [0.25, 0.3) is 0 Å². The molecule has 1 radical (unpaired) electrons. The maximum Gasteiger partial charge on any atom is 0.0856 e. The summed E-state index contributed by atoms with van der Waals surface area (Å²) in [6, 6.07) is 0. The van der Waals surface area contributed by atoms with E-state index in [0.717, 1.165) is 5.57 Å². The Kier molecular flexibility index (Phi) is 4.27. The Hall–Kier alpha value is -0.560. The lowest BCUT2D eigenvalue weighted by atomic mass is 10.2. The molecule has 0 aliphatic rings. The quantitative estimate of drug-likeness (QED) is 0.496. The van der Waals surface area contributed by atoms with Crippen molar-refractivity contribution in [2.24, 2.45) is 0 Å². The maximum absolute atomic E-state index is 9.87. The first-order valence-corrected chi connectivity index (χ1v) is 2.68. The topological polar surface area (TPSA) is 19.9 Å². The summed E-state index contributed by atoms with van der Waals surface area (Å²) in [5, 5.41) is 9.87. The van der Waals surface area contributed by atoms with Gasteiger partial charge in [0.2, 0.25) is 0 Å². The van der Waals surface area contributed by atoms with Crippen molar-refractivity contribution in [3.05, 3.63) is 24.3 Å². The first-order valence-electron chi connectivity index (χ1n) is 2.68. The summed E-state index contributed by atoms with van der Waals surface area (Å²) in [7, 11) is 0. The van der Waals surface area contributed by atoms with Crippen molar-refractivity contribution in [3.8, 4) is 0 Å². The van der Waals surface area contributed by atoms with Crippen LogP contribution in [0.4, 0.5) is 0 Å². The third-order valence-corrected chi connectivity index (χ3v) is 0.906. The molecule has 0 spiro atoms. The average Bonchev–Trinajstić information content (AvgIpc) is 1.83. The van der Waals surface area contributed by atoms with Gasteiger partial charge < -0.3 is 0 Å². The van der Waals surface area contributed by atoms with Gasteiger partial charge in [0.1, 0.15) is 0 Å². The van der Waals surface area contributed by atoms with Crippen LogP contribution in [-0.2, 0) is 5.11 Å². The molecule has 0 amide bonds. The second-order valence-corrected chi connectivity index (χ2v) is 1.65. The molecule has 45 valence electrons. The normalized spacial score (nSPS) is 11.5. The largest absolute Gasteiger partial charge is 0.236 e. The number of rotatable bonds is 3. The van der Waals surface area contributed by atoms with Gasteiger partial charge in [0.25, 0.3) is 0 Å². The first kappa shape index (κ1) is 7.44. The first-order chi connectivity index (χ1) is 3.81. The Morgan fingerprint density at radius 3 is 2.75 bits per heavy atom. The van der Waals surface area contributed by atoms with Crippen molar-refractivity contribution in [2.45, 2.75) is 13.3 Å². The minimum Gasteiger partial charge on any atom is -0.236 e. The maximum atomic E-state index is 9.87. The molecule has 1 nitrogen and oxygen atoms in total. The van der Waals surface area contributed by atoms with E-state index in [2.05, 4.69) is 6.58 Å². The van der Waals surface area contributed by atoms with Gasteiger partial charge >= 0.3 is 0 Å². The summed E-state index contributed by atoms with van der Waals surface area (Å²) in [5.41, 5.74) is 1.08. The van der Waals surface area contributed by atoms with Crippen molar-refractivity contribution >= 4 is 0 Å². The van der Waals surface area contributed by atoms with Gasteiger partial charge in [-0.2, -0.15) is 0 Å². The Labute approximate surface area is 50.3 Å². The van der Waals surface area contributed by atoms with E-state index in [1.165, 1.54) is 0 Å². The Balaban J connectivity index is 3.40. The molecule has 0 heterocycles. The smallest absolute Gasteiger partial charge is 0.0856 e. The molecular formula is C7H11O. The van der Waals surface area contributed by atoms with E-state index in [9.17, 15) is 5.11 Å². The molecule has 0 rings (SSSR count). The SMILES string of the molecule is C=CC(C)=CCC[O]. The predicted octanol–water partition coefficient (Wildman–Crippen LogP) is 1.94. The van der Waals surface area contributed by atoms with Gasteiger partial charge in [0, 0.05) is 0 Å². The van der Waals surface area contributed by atoms with Crippen LogP contribution < -0.4 is 0 Å². The highest BCUT2D eigenvalue weighted by Crippen LogP contribution is 1.93. The van der Waals surface area contributed by atoms with Crippen LogP contribution in [0.3, 0.4) is 0 Å². The van der Waals surface area contributed by atoms with Crippen LogP contribution in [0.2, 0.25) is 0 Å². The zero-order valence-electron chi connectivity index (χ0n) is 5.18. The summed E-state index contributed by atoms with van der Waals surface area (Å²) in [6.45, 7) is 5.45. The van der Waals surface area contributed by atoms with Gasteiger partial charge in [-0.1, -0.05) is 24.3 Å². The highest BCUT2D eigenvalue weighted by Gasteiger charge is 1.78. The fourth-order valence-corrected chi connectivity index (χ4v) is 0.370. The molecule has 0 atom stereocenters. The number of allylic oxidation sites excluding steroid dienone is 2. The lowest BCUT2D eigenvalue weighted by Crippen LogP contribution is -1.74. The molecule has 0 aliphatic heterocycles. The van der Waals surface area contributed by atoms with Crippen LogP contribution in [0.15, 0.2) is 24.3 Å². The van der Waals surface area contributed by atoms with Crippen molar-refractivity contribution in [1.82, 2.24) is 0 Å². The molecule has 8 heavy (non-hydrogen) atoms. The van der Waals surface area contributed by atoms with Gasteiger partial charge in [-0.15, -0.1) is 0 Å². The van der Waals surface area contributed by atoms with Crippen molar-refractivity contribution in [1.29, 1.82) is 0 Å². The van der Waals surface area contributed by atoms with Crippen LogP contribution in [-0.4, -0.2) is 6.61 Å². The van der Waals surface area contributed by atoms with Crippen LogP contribution in [0.5, 0.6) is 0 Å². The fourth-order valence-electron chi connectivity index (χ4n) is 0.370. The molecule has 0 aromatic rings. The summed E-state index contributed by atoms with van der Waals surface area (Å²) >= 11 is 0. The third-order valence-electron chi connectivity index (χ3n) is 0.906. The average molecular weight is 111 g/mol. The zero-order valence-corrected chi connectivity index (χ0v) is 5.18. The van der Waals surface area contributed by atoms with Crippen molar-refractivity contribution in [3.63, 3.8) is 0 Å². The minimum atomic E-state index is -0.0226. The number of hydrogen-bond acceptors (Lipinski definition) is 0. The van der Waals surface area contributed by atoms with Crippen molar-refractivity contribution in [2.75, 3.05) is 6.61 Å².